The van der Waals surface area contributed by atoms with E-state index in [1.165, 1.54) is 24.1 Å². The maximum absolute atomic E-state index is 4.38. The summed E-state index contributed by atoms with van der Waals surface area (Å²) in [6, 6.07) is 0.740. The van der Waals surface area contributed by atoms with E-state index in [9.17, 15) is 0 Å². The number of aromatic nitrogens is 2. The van der Waals surface area contributed by atoms with Gasteiger partial charge in [0.25, 0.3) is 0 Å². The van der Waals surface area contributed by atoms with Crippen LogP contribution in [0.1, 0.15) is 36.9 Å². The van der Waals surface area contributed by atoms with Crippen molar-refractivity contribution in [3.8, 4) is 0 Å². The number of aryl methyl sites for hydroxylation is 2. The number of nitrogens with one attached hydrogen (secondary N) is 1. The Hall–Kier alpha value is -0.830. The summed E-state index contributed by atoms with van der Waals surface area (Å²) in [4.78, 5) is 0. The molecule has 0 amide bonds. The average Bonchev–Trinajstić information content (AvgIpc) is 2.37. The predicted molar refractivity (Wildman–Crippen MR) is 57.4 cm³/mol. The first kappa shape index (κ1) is 9.71. The van der Waals surface area contributed by atoms with Gasteiger partial charge in [-0.15, -0.1) is 0 Å². The lowest BCUT2D eigenvalue weighted by atomic mass is 9.76. The zero-order chi connectivity index (χ0) is 10.1. The lowest BCUT2D eigenvalue weighted by molar-refractivity contribution is 0.295. The van der Waals surface area contributed by atoms with Gasteiger partial charge >= 0.3 is 0 Å². The minimum Gasteiger partial charge on any atom is -0.314 e. The largest absolute Gasteiger partial charge is 0.314 e. The summed E-state index contributed by atoms with van der Waals surface area (Å²) in [5.41, 5.74) is 2.65. The molecule has 3 nitrogen and oxygen atoms in total. The summed E-state index contributed by atoms with van der Waals surface area (Å²) in [7, 11) is 2.00. The Bertz CT molecular complexity index is 310. The van der Waals surface area contributed by atoms with Gasteiger partial charge < -0.3 is 5.32 Å². The fourth-order valence-electron chi connectivity index (χ4n) is 2.35. The third-order valence-corrected chi connectivity index (χ3v) is 3.12. The number of rotatable bonds is 3. The van der Waals surface area contributed by atoms with Gasteiger partial charge in [0.2, 0.25) is 0 Å². The molecule has 1 aliphatic carbocycles. The molecule has 0 saturated heterocycles. The molecule has 2 rings (SSSR count). The summed E-state index contributed by atoms with van der Waals surface area (Å²) in [6.45, 7) is 5.36. The molecule has 1 heterocycles. The predicted octanol–water partition coefficient (Wildman–Crippen LogP) is 1.58. The number of nitrogens with zero attached hydrogens (tertiary/aromatic N) is 2. The van der Waals surface area contributed by atoms with Crippen molar-refractivity contribution in [1.29, 1.82) is 0 Å². The van der Waals surface area contributed by atoms with Crippen LogP contribution in [0.2, 0.25) is 0 Å². The summed E-state index contributed by atoms with van der Waals surface area (Å²) >= 11 is 0. The van der Waals surface area contributed by atoms with Crippen LogP contribution in [0.3, 0.4) is 0 Å². The molecule has 0 aromatic carbocycles. The second-order valence-electron chi connectivity index (χ2n) is 4.27. The Balaban J connectivity index is 1.96. The molecule has 78 valence electrons. The zero-order valence-electron chi connectivity index (χ0n) is 9.25. The molecule has 0 spiro atoms. The average molecular weight is 193 g/mol. The Morgan fingerprint density at radius 2 is 2.29 bits per heavy atom. The fraction of sp³-hybridized carbons (Fsp3) is 0.727. The molecule has 0 aliphatic heterocycles. The van der Waals surface area contributed by atoms with Gasteiger partial charge in [0.15, 0.2) is 0 Å². The SMILES string of the molecule is CCNC1CC(c2cn(C)nc2C)C1. The molecule has 1 N–H and O–H groups in total. The van der Waals surface area contributed by atoms with Crippen LogP contribution in [0.15, 0.2) is 6.20 Å². The van der Waals surface area contributed by atoms with Gasteiger partial charge in [-0.25, -0.2) is 0 Å². The second-order valence-corrected chi connectivity index (χ2v) is 4.27. The van der Waals surface area contributed by atoms with Crippen LogP contribution in [0.4, 0.5) is 0 Å². The summed E-state index contributed by atoms with van der Waals surface area (Å²) in [6.07, 6.45) is 4.73. The molecule has 1 saturated carbocycles. The van der Waals surface area contributed by atoms with Crippen molar-refractivity contribution in [2.75, 3.05) is 6.54 Å². The number of hydrogen-bond acceptors (Lipinski definition) is 2. The molecule has 1 aromatic rings. The first-order chi connectivity index (χ1) is 6.70. The molecule has 0 atom stereocenters. The van der Waals surface area contributed by atoms with E-state index in [4.69, 9.17) is 0 Å². The van der Waals surface area contributed by atoms with Crippen molar-refractivity contribution in [2.24, 2.45) is 7.05 Å². The van der Waals surface area contributed by atoms with E-state index in [1.54, 1.807) is 0 Å². The first-order valence-corrected chi connectivity index (χ1v) is 5.44. The van der Waals surface area contributed by atoms with E-state index in [0.717, 1.165) is 18.5 Å². The molecule has 3 heteroatoms. The summed E-state index contributed by atoms with van der Waals surface area (Å²) in [5.74, 6) is 0.743. The maximum atomic E-state index is 4.38. The Labute approximate surface area is 85.5 Å². The third-order valence-electron chi connectivity index (χ3n) is 3.12. The van der Waals surface area contributed by atoms with Crippen LogP contribution >= 0.6 is 0 Å². The topological polar surface area (TPSA) is 29.9 Å². The van der Waals surface area contributed by atoms with Crippen LogP contribution < -0.4 is 5.32 Å². The van der Waals surface area contributed by atoms with Crippen molar-refractivity contribution < 1.29 is 0 Å². The standard InChI is InChI=1S/C11H19N3/c1-4-12-10-5-9(6-10)11-7-14(3)13-8(11)2/h7,9-10,12H,4-6H2,1-3H3. The quantitative estimate of drug-likeness (QED) is 0.790. The van der Waals surface area contributed by atoms with Gasteiger partial charge in [-0.2, -0.15) is 5.10 Å². The first-order valence-electron chi connectivity index (χ1n) is 5.44. The zero-order valence-corrected chi connectivity index (χ0v) is 9.25. The van der Waals surface area contributed by atoms with Crippen LogP contribution in [0.25, 0.3) is 0 Å². The van der Waals surface area contributed by atoms with Crippen LogP contribution in [-0.4, -0.2) is 22.4 Å². The van der Waals surface area contributed by atoms with E-state index >= 15 is 0 Å². The van der Waals surface area contributed by atoms with Gasteiger partial charge in [0.1, 0.15) is 0 Å². The molecule has 1 aliphatic rings. The Kier molecular flexibility index (Phi) is 2.59. The van der Waals surface area contributed by atoms with Crippen LogP contribution in [0.5, 0.6) is 0 Å². The maximum Gasteiger partial charge on any atom is 0.0628 e. The second kappa shape index (κ2) is 3.73. The van der Waals surface area contributed by atoms with Gasteiger partial charge in [-0.3, -0.25) is 4.68 Å². The van der Waals surface area contributed by atoms with Crippen LogP contribution in [0, 0.1) is 6.92 Å². The molecule has 14 heavy (non-hydrogen) atoms. The minimum absolute atomic E-state index is 0.740. The molecule has 0 bridgehead atoms. The molecular formula is C11H19N3. The van der Waals surface area contributed by atoms with Crippen molar-refractivity contribution in [3.63, 3.8) is 0 Å². The van der Waals surface area contributed by atoms with Gasteiger partial charge in [-0.05, 0) is 37.8 Å². The van der Waals surface area contributed by atoms with Crippen molar-refractivity contribution in [3.05, 3.63) is 17.5 Å². The Morgan fingerprint density at radius 1 is 1.57 bits per heavy atom. The molecule has 0 unspecified atom stereocenters. The van der Waals surface area contributed by atoms with E-state index in [1.807, 2.05) is 11.7 Å². The highest BCUT2D eigenvalue weighted by atomic mass is 15.2. The third kappa shape index (κ3) is 1.69. The highest BCUT2D eigenvalue weighted by Crippen LogP contribution is 2.37. The lowest BCUT2D eigenvalue weighted by Gasteiger charge is -2.35. The number of hydrogen-bond donors (Lipinski definition) is 1. The fourth-order valence-corrected chi connectivity index (χ4v) is 2.35. The van der Waals surface area contributed by atoms with Crippen molar-refractivity contribution >= 4 is 0 Å². The highest BCUT2D eigenvalue weighted by molar-refractivity contribution is 5.24. The van der Waals surface area contributed by atoms with Crippen molar-refractivity contribution in [1.82, 2.24) is 15.1 Å². The van der Waals surface area contributed by atoms with Crippen LogP contribution in [-0.2, 0) is 7.05 Å². The molecule has 0 radical (unpaired) electrons. The van der Waals surface area contributed by atoms with Gasteiger partial charge in [-0.1, -0.05) is 6.92 Å². The highest BCUT2D eigenvalue weighted by Gasteiger charge is 2.31. The smallest absolute Gasteiger partial charge is 0.0628 e. The van der Waals surface area contributed by atoms with E-state index in [-0.39, 0.29) is 0 Å². The normalized spacial score (nSPS) is 26.2. The summed E-state index contributed by atoms with van der Waals surface area (Å²) in [5, 5.41) is 7.86. The Morgan fingerprint density at radius 3 is 2.79 bits per heavy atom. The minimum atomic E-state index is 0.740. The molecule has 1 aromatic heterocycles. The van der Waals surface area contributed by atoms with E-state index < -0.39 is 0 Å². The molecule has 1 fully saturated rings. The van der Waals surface area contributed by atoms with E-state index in [2.05, 4.69) is 30.5 Å². The van der Waals surface area contributed by atoms with Gasteiger partial charge in [0.05, 0.1) is 5.69 Å². The monoisotopic (exact) mass is 193 g/mol. The van der Waals surface area contributed by atoms with Gasteiger partial charge in [0, 0.05) is 19.3 Å². The van der Waals surface area contributed by atoms with E-state index in [0.29, 0.717) is 0 Å². The van der Waals surface area contributed by atoms with Crippen molar-refractivity contribution in [2.45, 2.75) is 38.6 Å². The molecular weight excluding hydrogens is 174 g/mol. The summed E-state index contributed by atoms with van der Waals surface area (Å²) < 4.78 is 1.92. The lowest BCUT2D eigenvalue weighted by Crippen LogP contribution is -2.39.